The number of halogens is 2. The van der Waals surface area contributed by atoms with Crippen molar-refractivity contribution in [2.75, 3.05) is 17.9 Å². The molecule has 0 bridgehead atoms. The summed E-state index contributed by atoms with van der Waals surface area (Å²) in [7, 11) is -2.76. The third-order valence-corrected chi connectivity index (χ3v) is 8.87. The lowest BCUT2D eigenvalue weighted by atomic mass is 10.0. The van der Waals surface area contributed by atoms with Crippen LogP contribution in [0, 0.1) is 12.7 Å². The van der Waals surface area contributed by atoms with Crippen LogP contribution >= 0.6 is 11.6 Å². The highest BCUT2D eigenvalue weighted by Gasteiger charge is 2.34. The second-order valence-corrected chi connectivity index (χ2v) is 12.0. The molecule has 0 heterocycles. The van der Waals surface area contributed by atoms with Gasteiger partial charge in [0.05, 0.1) is 10.6 Å². The molecule has 2 amide bonds. The van der Waals surface area contributed by atoms with Gasteiger partial charge in [-0.2, -0.15) is 0 Å². The van der Waals surface area contributed by atoms with Gasteiger partial charge in [0.1, 0.15) is 18.4 Å². The minimum atomic E-state index is -4.23. The topological polar surface area (TPSA) is 86.8 Å². The van der Waals surface area contributed by atoms with Crippen molar-refractivity contribution in [1.29, 1.82) is 0 Å². The number of para-hydroxylation sites is 1. The van der Waals surface area contributed by atoms with E-state index >= 15 is 0 Å². The predicted octanol–water partition coefficient (Wildman–Crippen LogP) is 5.37. The van der Waals surface area contributed by atoms with Gasteiger partial charge in [-0.15, -0.1) is 0 Å². The van der Waals surface area contributed by atoms with E-state index in [1.807, 2.05) is 30.3 Å². The summed E-state index contributed by atoms with van der Waals surface area (Å²) in [4.78, 5) is 28.8. The highest BCUT2D eigenvalue weighted by molar-refractivity contribution is 7.92. The van der Waals surface area contributed by atoms with Gasteiger partial charge in [0.25, 0.3) is 10.0 Å². The fourth-order valence-corrected chi connectivity index (χ4v) is 6.20. The number of nitrogens with zero attached hydrogens (tertiary/aromatic N) is 2. The van der Waals surface area contributed by atoms with Crippen molar-refractivity contribution in [2.24, 2.45) is 0 Å². The number of nitrogens with one attached hydrogen (secondary N) is 1. The zero-order chi connectivity index (χ0) is 30.3. The first kappa shape index (κ1) is 30.7. The van der Waals surface area contributed by atoms with E-state index in [2.05, 4.69) is 5.32 Å². The molecule has 0 unspecified atom stereocenters. The summed E-state index contributed by atoms with van der Waals surface area (Å²) < 4.78 is 42.7. The quantitative estimate of drug-likeness (QED) is 0.248. The number of aryl methyl sites for hydroxylation is 1. The number of hydrogen-bond acceptors (Lipinski definition) is 4. The van der Waals surface area contributed by atoms with E-state index in [9.17, 15) is 22.4 Å². The van der Waals surface area contributed by atoms with Crippen LogP contribution in [0.2, 0.25) is 5.02 Å². The average Bonchev–Trinajstić information content (AvgIpc) is 2.99. The van der Waals surface area contributed by atoms with E-state index in [1.165, 1.54) is 60.5 Å². The van der Waals surface area contributed by atoms with Gasteiger partial charge in [0.2, 0.25) is 11.8 Å². The molecule has 42 heavy (non-hydrogen) atoms. The first-order chi connectivity index (χ1) is 20.1. The largest absolute Gasteiger partial charge is 0.357 e. The third kappa shape index (κ3) is 7.35. The Hall–Kier alpha value is -4.21. The Balaban J connectivity index is 1.79. The van der Waals surface area contributed by atoms with Crippen molar-refractivity contribution < 1.29 is 22.4 Å². The van der Waals surface area contributed by atoms with Crippen LogP contribution < -0.4 is 9.62 Å². The maximum absolute atomic E-state index is 14.2. The van der Waals surface area contributed by atoms with E-state index in [0.29, 0.717) is 21.8 Å². The first-order valence-corrected chi connectivity index (χ1v) is 15.1. The SMILES string of the molecule is CNC(=O)[C@H](Cc1ccccc1)N(Cc1ccc(F)cc1)C(=O)CN(c1ccccc1C)S(=O)(=O)c1ccc(Cl)cc1. The standard InChI is InChI=1S/C32H31ClFN3O4S/c1-23-8-6-7-11-29(23)37(42(40,41)28-18-14-26(33)15-19-28)22-31(38)36(21-25-12-16-27(34)17-13-25)30(32(39)35-2)20-24-9-4-3-5-10-24/h3-19,30H,20-22H2,1-2H3,(H,35,39)/t30-/m0/s1. The number of rotatable bonds is 11. The molecule has 0 fully saturated rings. The average molecular weight is 608 g/mol. The molecule has 10 heteroatoms. The Morgan fingerprint density at radius 2 is 1.48 bits per heavy atom. The summed E-state index contributed by atoms with van der Waals surface area (Å²) in [6.07, 6.45) is 0.182. The molecule has 218 valence electrons. The van der Waals surface area contributed by atoms with Crippen molar-refractivity contribution in [2.45, 2.75) is 30.8 Å². The lowest BCUT2D eigenvalue weighted by molar-refractivity contribution is -0.139. The fraction of sp³-hybridized carbons (Fsp3) is 0.188. The molecule has 0 aliphatic heterocycles. The van der Waals surface area contributed by atoms with Crippen LogP contribution in [0.1, 0.15) is 16.7 Å². The van der Waals surface area contributed by atoms with Gasteiger partial charge in [-0.25, -0.2) is 12.8 Å². The highest BCUT2D eigenvalue weighted by Crippen LogP contribution is 2.28. The van der Waals surface area contributed by atoms with Gasteiger partial charge in [0.15, 0.2) is 0 Å². The molecule has 7 nitrogen and oxygen atoms in total. The summed E-state index contributed by atoms with van der Waals surface area (Å²) in [6.45, 7) is 1.12. The first-order valence-electron chi connectivity index (χ1n) is 13.2. The Morgan fingerprint density at radius 1 is 0.857 bits per heavy atom. The van der Waals surface area contributed by atoms with Crippen molar-refractivity contribution in [1.82, 2.24) is 10.2 Å². The monoisotopic (exact) mass is 607 g/mol. The van der Waals surface area contributed by atoms with Gasteiger partial charge < -0.3 is 10.2 Å². The molecule has 0 aliphatic rings. The number of hydrogen-bond donors (Lipinski definition) is 1. The van der Waals surface area contributed by atoms with Crippen LogP contribution in [0.4, 0.5) is 10.1 Å². The van der Waals surface area contributed by atoms with Gasteiger partial charge in [0, 0.05) is 25.0 Å². The maximum atomic E-state index is 14.2. The third-order valence-electron chi connectivity index (χ3n) is 6.85. The number of amides is 2. The normalized spacial score (nSPS) is 11.9. The van der Waals surface area contributed by atoms with Crippen molar-refractivity contribution in [3.8, 4) is 0 Å². The summed E-state index contributed by atoms with van der Waals surface area (Å²) in [6, 6.07) is 26.4. The van der Waals surface area contributed by atoms with Crippen molar-refractivity contribution in [3.05, 3.63) is 131 Å². The molecule has 4 aromatic carbocycles. The fourth-order valence-electron chi connectivity index (χ4n) is 4.60. The summed E-state index contributed by atoms with van der Waals surface area (Å²) in [5, 5.41) is 3.00. The molecule has 1 N–H and O–H groups in total. The van der Waals surface area contributed by atoms with E-state index in [-0.39, 0.29) is 17.9 Å². The van der Waals surface area contributed by atoms with E-state index in [1.54, 1.807) is 31.2 Å². The smallest absolute Gasteiger partial charge is 0.264 e. The van der Waals surface area contributed by atoms with Crippen LogP contribution in [0.3, 0.4) is 0 Å². The molecular weight excluding hydrogens is 577 g/mol. The number of sulfonamides is 1. The molecule has 4 aromatic rings. The number of carbonyl (C=O) groups is 2. The van der Waals surface area contributed by atoms with Crippen molar-refractivity contribution >= 4 is 39.1 Å². The highest BCUT2D eigenvalue weighted by atomic mass is 35.5. The van der Waals surface area contributed by atoms with E-state index < -0.39 is 40.2 Å². The lowest BCUT2D eigenvalue weighted by Crippen LogP contribution is -2.53. The Morgan fingerprint density at radius 3 is 2.10 bits per heavy atom. The van der Waals surface area contributed by atoms with Gasteiger partial charge in [-0.1, -0.05) is 72.3 Å². The molecule has 0 saturated carbocycles. The van der Waals surface area contributed by atoms with Gasteiger partial charge in [-0.3, -0.25) is 13.9 Å². The molecule has 1 atom stereocenters. The Bertz CT molecular complexity index is 1630. The number of carbonyl (C=O) groups excluding carboxylic acids is 2. The number of anilines is 1. The van der Waals surface area contributed by atoms with Crippen LogP contribution in [0.25, 0.3) is 0 Å². The molecule has 0 aliphatic carbocycles. The van der Waals surface area contributed by atoms with Crippen LogP contribution in [-0.2, 0) is 32.6 Å². The summed E-state index contributed by atoms with van der Waals surface area (Å²) in [5.41, 5.74) is 2.35. The maximum Gasteiger partial charge on any atom is 0.264 e. The number of likely N-dealkylation sites (N-methyl/N-ethyl adjacent to an activating group) is 1. The summed E-state index contributed by atoms with van der Waals surface area (Å²) in [5.74, 6) is -1.47. The van der Waals surface area contributed by atoms with Gasteiger partial charge in [-0.05, 0) is 66.1 Å². The lowest BCUT2D eigenvalue weighted by Gasteiger charge is -2.34. The molecular formula is C32H31ClFN3O4S. The molecule has 0 spiro atoms. The zero-order valence-electron chi connectivity index (χ0n) is 23.2. The summed E-state index contributed by atoms with van der Waals surface area (Å²) >= 11 is 6.01. The predicted molar refractivity (Wildman–Crippen MR) is 162 cm³/mol. The van der Waals surface area contributed by atoms with E-state index in [0.717, 1.165) is 9.87 Å². The molecule has 0 saturated heterocycles. The second kappa shape index (κ2) is 13.6. The molecule has 0 aromatic heterocycles. The Kier molecular flexibility index (Phi) is 9.98. The minimum absolute atomic E-state index is 0.0415. The van der Waals surface area contributed by atoms with Crippen LogP contribution in [-0.4, -0.2) is 44.8 Å². The second-order valence-electron chi connectivity index (χ2n) is 9.72. The number of benzene rings is 4. The van der Waals surface area contributed by atoms with Gasteiger partial charge >= 0.3 is 0 Å². The van der Waals surface area contributed by atoms with Crippen LogP contribution in [0.15, 0.2) is 108 Å². The minimum Gasteiger partial charge on any atom is -0.357 e. The molecule has 0 radical (unpaired) electrons. The van der Waals surface area contributed by atoms with E-state index in [4.69, 9.17) is 11.6 Å². The van der Waals surface area contributed by atoms with Crippen molar-refractivity contribution in [3.63, 3.8) is 0 Å². The van der Waals surface area contributed by atoms with Crippen LogP contribution in [0.5, 0.6) is 0 Å². The zero-order valence-corrected chi connectivity index (χ0v) is 24.8. The Labute approximate surface area is 250 Å². The molecule has 4 rings (SSSR count).